The Labute approximate surface area is 141 Å². The normalized spacial score (nSPS) is 11.3. The highest BCUT2D eigenvalue weighted by molar-refractivity contribution is 6.05. The third kappa shape index (κ3) is 2.38. The molecule has 4 rings (SSSR count). The summed E-state index contributed by atoms with van der Waals surface area (Å²) in [6.45, 7) is 3.64. The zero-order valence-electron chi connectivity index (χ0n) is 13.9. The van der Waals surface area contributed by atoms with Gasteiger partial charge in [0.25, 0.3) is 11.5 Å². The van der Waals surface area contributed by atoms with Crippen molar-refractivity contribution in [1.29, 1.82) is 0 Å². The average Bonchev–Trinajstić information content (AvgIpc) is 3.12. The lowest BCUT2D eigenvalue weighted by Crippen LogP contribution is -2.16. The second kappa shape index (κ2) is 5.30. The molecule has 1 N–H and O–H groups in total. The summed E-state index contributed by atoms with van der Waals surface area (Å²) in [6, 6.07) is 6.82. The van der Waals surface area contributed by atoms with E-state index in [-0.39, 0.29) is 5.56 Å². The second-order valence-corrected chi connectivity index (χ2v) is 5.95. The monoisotopic (exact) mass is 337 g/mol. The lowest BCUT2D eigenvalue weighted by molar-refractivity contribution is 0.101. The first-order valence-electron chi connectivity index (χ1n) is 7.67. The molecular weight excluding hydrogens is 322 g/mol. The van der Waals surface area contributed by atoms with E-state index in [0.29, 0.717) is 34.0 Å². The fourth-order valence-electron chi connectivity index (χ4n) is 2.80. The van der Waals surface area contributed by atoms with Crippen molar-refractivity contribution in [3.63, 3.8) is 0 Å². The van der Waals surface area contributed by atoms with E-state index in [1.165, 1.54) is 4.40 Å². The second-order valence-electron chi connectivity index (χ2n) is 5.95. The Bertz CT molecular complexity index is 1200. The minimum absolute atomic E-state index is 0.212. The standard InChI is InChI=1S/C17H15N5O3/c1-9-4-5-14-19-15-11(17(24)22(14)8-9)7-12(21(15)3)16(23)18-13-6-10(2)25-20-13/h4-8H,1-3H3,(H,18,20,23). The van der Waals surface area contributed by atoms with Crippen LogP contribution in [-0.4, -0.2) is 25.0 Å². The molecule has 8 nitrogen and oxygen atoms in total. The first kappa shape index (κ1) is 15.1. The highest BCUT2D eigenvalue weighted by Crippen LogP contribution is 2.17. The molecule has 0 fully saturated rings. The number of hydrogen-bond donors (Lipinski definition) is 1. The zero-order valence-corrected chi connectivity index (χ0v) is 13.9. The van der Waals surface area contributed by atoms with Gasteiger partial charge in [-0.25, -0.2) is 4.98 Å². The number of hydrogen-bond acceptors (Lipinski definition) is 5. The maximum atomic E-state index is 12.7. The Kier molecular flexibility index (Phi) is 3.21. The molecule has 0 aliphatic rings. The van der Waals surface area contributed by atoms with E-state index < -0.39 is 5.91 Å². The number of fused-ring (bicyclic) bond motifs is 2. The van der Waals surface area contributed by atoms with E-state index in [4.69, 9.17) is 4.52 Å². The first-order valence-corrected chi connectivity index (χ1v) is 7.67. The summed E-state index contributed by atoms with van der Waals surface area (Å²) in [5.41, 5.74) is 2.04. The predicted molar refractivity (Wildman–Crippen MR) is 91.9 cm³/mol. The number of rotatable bonds is 2. The minimum atomic E-state index is -0.390. The lowest BCUT2D eigenvalue weighted by atomic mass is 10.3. The van der Waals surface area contributed by atoms with Gasteiger partial charge in [-0.15, -0.1) is 0 Å². The van der Waals surface area contributed by atoms with Crippen molar-refractivity contribution in [1.82, 2.24) is 19.1 Å². The Hall–Kier alpha value is -3.42. The van der Waals surface area contributed by atoms with Crippen molar-refractivity contribution in [2.45, 2.75) is 13.8 Å². The molecule has 8 heteroatoms. The topological polar surface area (TPSA) is 94.4 Å². The largest absolute Gasteiger partial charge is 0.360 e. The molecule has 0 aliphatic carbocycles. The predicted octanol–water partition coefficient (Wildman–Crippen LogP) is 2.04. The van der Waals surface area contributed by atoms with Gasteiger partial charge in [-0.05, 0) is 31.5 Å². The van der Waals surface area contributed by atoms with Crippen molar-refractivity contribution in [2.75, 3.05) is 5.32 Å². The summed E-state index contributed by atoms with van der Waals surface area (Å²) in [4.78, 5) is 29.8. The molecule has 0 bridgehead atoms. The van der Waals surface area contributed by atoms with E-state index in [2.05, 4.69) is 15.5 Å². The van der Waals surface area contributed by atoms with Crippen LogP contribution in [0.4, 0.5) is 5.82 Å². The van der Waals surface area contributed by atoms with Crippen LogP contribution in [0.5, 0.6) is 0 Å². The van der Waals surface area contributed by atoms with Gasteiger partial charge in [-0.1, -0.05) is 11.2 Å². The van der Waals surface area contributed by atoms with Gasteiger partial charge >= 0.3 is 0 Å². The fraction of sp³-hybridized carbons (Fsp3) is 0.176. The fourth-order valence-corrected chi connectivity index (χ4v) is 2.80. The summed E-state index contributed by atoms with van der Waals surface area (Å²) in [5, 5.41) is 6.77. The van der Waals surface area contributed by atoms with Crippen LogP contribution in [0.15, 0.2) is 39.8 Å². The van der Waals surface area contributed by atoms with E-state index in [1.54, 1.807) is 42.9 Å². The van der Waals surface area contributed by atoms with Crippen molar-refractivity contribution in [3.05, 3.63) is 57.8 Å². The lowest BCUT2D eigenvalue weighted by Gasteiger charge is -2.04. The molecule has 0 atom stereocenters. The van der Waals surface area contributed by atoms with Crippen LogP contribution in [0.25, 0.3) is 16.7 Å². The minimum Gasteiger partial charge on any atom is -0.360 e. The molecule has 4 aromatic heterocycles. The summed E-state index contributed by atoms with van der Waals surface area (Å²) >= 11 is 0. The summed E-state index contributed by atoms with van der Waals surface area (Å²) in [6.07, 6.45) is 1.73. The molecule has 0 saturated carbocycles. The number of nitrogens with one attached hydrogen (secondary N) is 1. The zero-order chi connectivity index (χ0) is 17.7. The number of nitrogens with zero attached hydrogens (tertiary/aromatic N) is 4. The van der Waals surface area contributed by atoms with E-state index in [1.807, 2.05) is 13.0 Å². The maximum absolute atomic E-state index is 12.7. The van der Waals surface area contributed by atoms with Crippen LogP contribution < -0.4 is 10.9 Å². The van der Waals surface area contributed by atoms with Gasteiger partial charge < -0.3 is 14.4 Å². The van der Waals surface area contributed by atoms with Crippen LogP contribution >= 0.6 is 0 Å². The van der Waals surface area contributed by atoms with Crippen LogP contribution in [0.2, 0.25) is 0 Å². The van der Waals surface area contributed by atoms with Crippen LogP contribution in [-0.2, 0) is 7.05 Å². The van der Waals surface area contributed by atoms with Crippen molar-refractivity contribution in [3.8, 4) is 0 Å². The van der Waals surface area contributed by atoms with Gasteiger partial charge in [-0.2, -0.15) is 0 Å². The Morgan fingerprint density at radius 1 is 1.24 bits per heavy atom. The number of aromatic nitrogens is 4. The molecule has 4 aromatic rings. The molecular formula is C17H15N5O3. The number of anilines is 1. The van der Waals surface area contributed by atoms with Crippen LogP contribution in [0.3, 0.4) is 0 Å². The third-order valence-electron chi connectivity index (χ3n) is 4.05. The van der Waals surface area contributed by atoms with E-state index in [0.717, 1.165) is 5.56 Å². The molecule has 126 valence electrons. The molecule has 0 radical (unpaired) electrons. The van der Waals surface area contributed by atoms with Gasteiger partial charge in [0.2, 0.25) is 0 Å². The molecule has 25 heavy (non-hydrogen) atoms. The molecule has 0 spiro atoms. The van der Waals surface area contributed by atoms with Crippen LogP contribution in [0.1, 0.15) is 21.8 Å². The van der Waals surface area contributed by atoms with Crippen molar-refractivity contribution < 1.29 is 9.32 Å². The summed E-state index contributed by atoms with van der Waals surface area (Å²) < 4.78 is 8.02. The van der Waals surface area contributed by atoms with Crippen molar-refractivity contribution in [2.24, 2.45) is 7.05 Å². The molecule has 0 aromatic carbocycles. The molecule has 4 heterocycles. The number of amides is 1. The Morgan fingerprint density at radius 2 is 2.04 bits per heavy atom. The summed E-state index contributed by atoms with van der Waals surface area (Å²) in [7, 11) is 1.70. The van der Waals surface area contributed by atoms with E-state index in [9.17, 15) is 9.59 Å². The Morgan fingerprint density at radius 3 is 2.76 bits per heavy atom. The molecule has 0 unspecified atom stereocenters. The number of carbonyl (C=O) groups is 1. The average molecular weight is 337 g/mol. The molecule has 0 aliphatic heterocycles. The quantitative estimate of drug-likeness (QED) is 0.604. The first-order chi connectivity index (χ1) is 11.9. The van der Waals surface area contributed by atoms with Crippen LogP contribution in [0, 0.1) is 13.8 Å². The highest BCUT2D eigenvalue weighted by Gasteiger charge is 2.18. The maximum Gasteiger partial charge on any atom is 0.273 e. The van der Waals surface area contributed by atoms with Gasteiger partial charge in [0.05, 0.1) is 5.39 Å². The number of pyridine rings is 1. The number of carbonyl (C=O) groups excluding carboxylic acids is 1. The van der Waals surface area contributed by atoms with Gasteiger partial charge in [0, 0.05) is 19.3 Å². The molecule has 1 amide bonds. The van der Waals surface area contributed by atoms with Gasteiger partial charge in [0.1, 0.15) is 22.7 Å². The van der Waals surface area contributed by atoms with Crippen molar-refractivity contribution >= 4 is 28.4 Å². The third-order valence-corrected chi connectivity index (χ3v) is 4.05. The molecule has 0 saturated heterocycles. The SMILES string of the molecule is Cc1ccc2nc3c(cc(C(=O)Nc4cc(C)on4)n3C)c(=O)n2c1. The van der Waals surface area contributed by atoms with E-state index >= 15 is 0 Å². The Balaban J connectivity index is 1.86. The number of aryl methyl sites for hydroxylation is 3. The van der Waals surface area contributed by atoms with Gasteiger partial charge in [-0.3, -0.25) is 14.0 Å². The highest BCUT2D eigenvalue weighted by atomic mass is 16.5. The van der Waals surface area contributed by atoms with Gasteiger partial charge in [0.15, 0.2) is 5.82 Å². The summed E-state index contributed by atoms with van der Waals surface area (Å²) in [5.74, 6) is 0.519. The smallest absolute Gasteiger partial charge is 0.273 e.